The number of carbonyl (C=O) groups is 2. The van der Waals surface area contributed by atoms with E-state index in [9.17, 15) is 22.4 Å². The van der Waals surface area contributed by atoms with Gasteiger partial charge in [-0.15, -0.1) is 0 Å². The smallest absolute Gasteiger partial charge is 0.246 e. The molecule has 1 fully saturated rings. The fourth-order valence-corrected chi connectivity index (χ4v) is 4.43. The molecule has 1 amide bonds. The van der Waals surface area contributed by atoms with Crippen molar-refractivity contribution >= 4 is 27.8 Å². The van der Waals surface area contributed by atoms with Crippen LogP contribution >= 0.6 is 0 Å². The molecule has 0 radical (unpaired) electrons. The fraction of sp³-hybridized carbons (Fsp3) is 0.238. The number of hydrogen-bond acceptors (Lipinski definition) is 4. The second-order valence-electron chi connectivity index (χ2n) is 6.69. The van der Waals surface area contributed by atoms with Gasteiger partial charge in [0.25, 0.3) is 0 Å². The summed E-state index contributed by atoms with van der Waals surface area (Å²) < 4.78 is 39.8. The predicted molar refractivity (Wildman–Crippen MR) is 107 cm³/mol. The Morgan fingerprint density at radius 3 is 2.07 bits per heavy atom. The van der Waals surface area contributed by atoms with Crippen molar-refractivity contribution in [1.29, 1.82) is 0 Å². The van der Waals surface area contributed by atoms with Crippen LogP contribution in [0.1, 0.15) is 22.8 Å². The lowest BCUT2D eigenvalue weighted by Crippen LogP contribution is -2.50. The predicted octanol–water partition coefficient (Wildman–Crippen LogP) is 2.57. The number of piperazine rings is 1. The van der Waals surface area contributed by atoms with Crippen molar-refractivity contribution in [3.63, 3.8) is 0 Å². The molecule has 29 heavy (non-hydrogen) atoms. The number of hydrogen-bond donors (Lipinski definition) is 0. The zero-order valence-electron chi connectivity index (χ0n) is 15.9. The summed E-state index contributed by atoms with van der Waals surface area (Å²) in [6, 6.07) is 11.6. The van der Waals surface area contributed by atoms with E-state index in [2.05, 4.69) is 0 Å². The molecule has 1 saturated heterocycles. The van der Waals surface area contributed by atoms with E-state index in [1.807, 2.05) is 0 Å². The number of rotatable bonds is 5. The molecule has 0 aromatic heterocycles. The Morgan fingerprint density at radius 1 is 0.931 bits per heavy atom. The van der Waals surface area contributed by atoms with Crippen molar-refractivity contribution in [2.75, 3.05) is 26.2 Å². The highest BCUT2D eigenvalue weighted by Crippen LogP contribution is 2.19. The van der Waals surface area contributed by atoms with Gasteiger partial charge in [0.05, 0.1) is 4.90 Å². The van der Waals surface area contributed by atoms with E-state index >= 15 is 0 Å². The first-order valence-electron chi connectivity index (χ1n) is 9.11. The Morgan fingerprint density at radius 2 is 1.52 bits per heavy atom. The Hall–Kier alpha value is -2.84. The fourth-order valence-electron chi connectivity index (χ4n) is 3.01. The van der Waals surface area contributed by atoms with Crippen LogP contribution in [0, 0.1) is 5.82 Å². The molecule has 0 saturated carbocycles. The molecule has 152 valence electrons. The molecule has 0 aliphatic carbocycles. The quantitative estimate of drug-likeness (QED) is 0.555. The highest BCUT2D eigenvalue weighted by atomic mass is 32.2. The molecule has 1 heterocycles. The summed E-state index contributed by atoms with van der Waals surface area (Å²) in [7, 11) is -3.68. The van der Waals surface area contributed by atoms with E-state index in [-0.39, 0.29) is 48.6 Å². The number of sulfonamides is 1. The third kappa shape index (κ3) is 4.96. The summed E-state index contributed by atoms with van der Waals surface area (Å²) in [6.07, 6.45) is 3.00. The van der Waals surface area contributed by atoms with E-state index < -0.39 is 10.0 Å². The number of Topliss-reactive ketones (excluding diaryl/α,β-unsaturated/α-hetero) is 1. The van der Waals surface area contributed by atoms with Crippen LogP contribution in [0.4, 0.5) is 4.39 Å². The van der Waals surface area contributed by atoms with Crippen LogP contribution in [-0.2, 0) is 14.8 Å². The molecular formula is C21H21FN2O4S. The maximum atomic E-state index is 12.9. The monoisotopic (exact) mass is 416 g/mol. The lowest BCUT2D eigenvalue weighted by atomic mass is 10.2. The second-order valence-corrected chi connectivity index (χ2v) is 8.63. The van der Waals surface area contributed by atoms with Crippen molar-refractivity contribution in [2.24, 2.45) is 0 Å². The minimum absolute atomic E-state index is 0.124. The van der Waals surface area contributed by atoms with Crippen LogP contribution in [0.2, 0.25) is 0 Å². The molecule has 2 aromatic rings. The Balaban J connectivity index is 1.61. The highest BCUT2D eigenvalue weighted by Gasteiger charge is 2.29. The third-order valence-electron chi connectivity index (χ3n) is 4.74. The van der Waals surface area contributed by atoms with E-state index in [4.69, 9.17) is 0 Å². The van der Waals surface area contributed by atoms with E-state index in [0.29, 0.717) is 11.1 Å². The summed E-state index contributed by atoms with van der Waals surface area (Å²) in [6.45, 7) is 2.35. The van der Waals surface area contributed by atoms with Crippen LogP contribution in [0.5, 0.6) is 0 Å². The van der Waals surface area contributed by atoms with Gasteiger partial charge in [0.15, 0.2) is 5.78 Å². The van der Waals surface area contributed by atoms with Crippen LogP contribution < -0.4 is 0 Å². The molecular weight excluding hydrogens is 395 g/mol. The van der Waals surface area contributed by atoms with Gasteiger partial charge in [0, 0.05) is 37.8 Å². The maximum Gasteiger partial charge on any atom is 0.246 e. The topological polar surface area (TPSA) is 74.8 Å². The summed E-state index contributed by atoms with van der Waals surface area (Å²) in [4.78, 5) is 25.4. The molecule has 0 atom stereocenters. The first kappa shape index (κ1) is 20.9. The molecule has 8 heteroatoms. The third-order valence-corrected chi connectivity index (χ3v) is 6.65. The van der Waals surface area contributed by atoms with Gasteiger partial charge in [-0.05, 0) is 42.8 Å². The van der Waals surface area contributed by atoms with Crippen molar-refractivity contribution < 1.29 is 22.4 Å². The normalized spacial score (nSPS) is 15.6. The average molecular weight is 416 g/mol. The second kappa shape index (κ2) is 8.67. The van der Waals surface area contributed by atoms with Crippen molar-refractivity contribution in [3.8, 4) is 0 Å². The van der Waals surface area contributed by atoms with Crippen LogP contribution in [0.3, 0.4) is 0 Å². The number of amides is 1. The van der Waals surface area contributed by atoms with Gasteiger partial charge in [-0.25, -0.2) is 12.8 Å². The van der Waals surface area contributed by atoms with Gasteiger partial charge in [-0.1, -0.05) is 24.3 Å². The average Bonchev–Trinajstić information content (AvgIpc) is 2.73. The van der Waals surface area contributed by atoms with Gasteiger partial charge in [0.2, 0.25) is 15.9 Å². The molecule has 3 rings (SSSR count). The van der Waals surface area contributed by atoms with Gasteiger partial charge >= 0.3 is 0 Å². The summed E-state index contributed by atoms with van der Waals surface area (Å²) in [5.41, 5.74) is 1.15. The minimum atomic E-state index is -3.68. The largest absolute Gasteiger partial charge is 0.337 e. The molecule has 1 aliphatic rings. The lowest BCUT2D eigenvalue weighted by Gasteiger charge is -2.33. The number of halogens is 1. The van der Waals surface area contributed by atoms with Gasteiger partial charge in [-0.2, -0.15) is 4.31 Å². The van der Waals surface area contributed by atoms with Gasteiger partial charge < -0.3 is 4.90 Å². The lowest BCUT2D eigenvalue weighted by molar-refractivity contribution is -0.127. The molecule has 2 aromatic carbocycles. The molecule has 6 nitrogen and oxygen atoms in total. The molecule has 1 aliphatic heterocycles. The van der Waals surface area contributed by atoms with E-state index in [0.717, 1.165) is 0 Å². The van der Waals surface area contributed by atoms with Crippen LogP contribution in [0.25, 0.3) is 6.08 Å². The SMILES string of the molecule is CC(=O)c1ccc(S(=O)(=O)N2CCN(C(=O)C=Cc3ccc(F)cc3)CC2)cc1. The Kier molecular flexibility index (Phi) is 6.24. The van der Waals surface area contributed by atoms with E-state index in [1.54, 1.807) is 23.1 Å². The standard InChI is InChI=1S/C21H21FN2O4S/c1-16(25)18-5-9-20(10-6-18)29(27,28)24-14-12-23(13-15-24)21(26)11-4-17-2-7-19(22)8-3-17/h2-11H,12-15H2,1H3. The van der Waals surface area contributed by atoms with Crippen molar-refractivity contribution in [3.05, 3.63) is 71.6 Å². The number of benzene rings is 2. The molecule has 0 unspecified atom stereocenters. The number of ketones is 1. The summed E-state index contributed by atoms with van der Waals surface area (Å²) >= 11 is 0. The summed E-state index contributed by atoms with van der Waals surface area (Å²) in [5, 5.41) is 0. The van der Waals surface area contributed by atoms with Crippen molar-refractivity contribution in [2.45, 2.75) is 11.8 Å². The zero-order valence-corrected chi connectivity index (χ0v) is 16.7. The Labute approximate surface area is 169 Å². The van der Waals surface area contributed by atoms with Crippen LogP contribution in [0.15, 0.2) is 59.5 Å². The van der Waals surface area contributed by atoms with Crippen molar-refractivity contribution in [1.82, 2.24) is 9.21 Å². The first-order chi connectivity index (χ1) is 13.8. The van der Waals surface area contributed by atoms with Gasteiger partial charge in [-0.3, -0.25) is 9.59 Å². The molecule has 0 bridgehead atoms. The zero-order chi connectivity index (χ0) is 21.0. The minimum Gasteiger partial charge on any atom is -0.337 e. The first-order valence-corrected chi connectivity index (χ1v) is 10.5. The number of carbonyl (C=O) groups excluding carboxylic acids is 2. The number of nitrogens with zero attached hydrogens (tertiary/aromatic N) is 2. The molecule has 0 spiro atoms. The van der Waals surface area contributed by atoms with Crippen LogP contribution in [-0.4, -0.2) is 55.5 Å². The Bertz CT molecular complexity index is 1020. The van der Waals surface area contributed by atoms with E-state index in [1.165, 1.54) is 53.7 Å². The summed E-state index contributed by atoms with van der Waals surface area (Å²) in [5.74, 6) is -0.700. The highest BCUT2D eigenvalue weighted by molar-refractivity contribution is 7.89. The van der Waals surface area contributed by atoms with Gasteiger partial charge in [0.1, 0.15) is 5.82 Å². The molecule has 0 N–H and O–H groups in total. The maximum absolute atomic E-state index is 12.9.